The van der Waals surface area contributed by atoms with Crippen molar-refractivity contribution in [1.82, 2.24) is 4.90 Å². The van der Waals surface area contributed by atoms with Gasteiger partial charge in [-0.15, -0.1) is 11.3 Å². The molecule has 1 amide bonds. The molecule has 1 aromatic carbocycles. The van der Waals surface area contributed by atoms with E-state index in [0.717, 1.165) is 20.7 Å². The number of carbonyl (C=O) groups excluding carboxylic acids is 1. The number of benzene rings is 1. The Hall–Kier alpha value is -1.88. The second kappa shape index (κ2) is 5.01. The Morgan fingerprint density at radius 1 is 1.26 bits per heavy atom. The minimum atomic E-state index is 0.0817. The monoisotopic (exact) mass is 274 g/mol. The Bertz CT molecular complexity index is 605. The summed E-state index contributed by atoms with van der Waals surface area (Å²) < 4.78 is 1.14. The maximum atomic E-state index is 12.4. The maximum absolute atomic E-state index is 12.4. The molecule has 3 rings (SSSR count). The molecule has 1 saturated heterocycles. The Labute approximate surface area is 115 Å². The smallest absolute Gasteiger partial charge is 0.263 e. The Morgan fingerprint density at radius 3 is 2.68 bits per heavy atom. The first kappa shape index (κ1) is 12.2. The van der Waals surface area contributed by atoms with Gasteiger partial charge in [0.15, 0.2) is 0 Å². The first-order valence-corrected chi connectivity index (χ1v) is 7.07. The summed E-state index contributed by atoms with van der Waals surface area (Å²) in [7, 11) is 0. The molecule has 2 heterocycles. The third kappa shape index (κ3) is 2.33. The van der Waals surface area contributed by atoms with Crippen molar-refractivity contribution < 1.29 is 10.0 Å². The summed E-state index contributed by atoms with van der Waals surface area (Å²) in [6, 6.07) is 9.98. The molecule has 1 N–H and O–H groups in total. The molecule has 1 aliphatic heterocycles. The molecule has 0 atom stereocenters. The second-order valence-electron chi connectivity index (χ2n) is 4.61. The average Bonchev–Trinajstić information content (AvgIpc) is 2.90. The highest BCUT2D eigenvalue weighted by Gasteiger charge is 2.22. The molecule has 0 spiro atoms. The number of amides is 1. The van der Waals surface area contributed by atoms with Crippen molar-refractivity contribution in [3.05, 3.63) is 35.2 Å². The minimum Gasteiger partial charge on any atom is -0.411 e. The Kier molecular flexibility index (Phi) is 3.21. The summed E-state index contributed by atoms with van der Waals surface area (Å²) in [6.45, 7) is 1.26. The summed E-state index contributed by atoms with van der Waals surface area (Å²) in [6.07, 6.45) is 1.32. The molecular formula is C14H14N2O2S. The number of nitrogens with zero attached hydrogens (tertiary/aromatic N) is 2. The van der Waals surface area contributed by atoms with Crippen LogP contribution >= 0.6 is 11.3 Å². The minimum absolute atomic E-state index is 0.0817. The average molecular weight is 274 g/mol. The number of fused-ring (bicyclic) bond motifs is 1. The molecule has 98 valence electrons. The molecule has 4 nitrogen and oxygen atoms in total. The summed E-state index contributed by atoms with van der Waals surface area (Å²) in [4.78, 5) is 15.0. The van der Waals surface area contributed by atoms with Crippen LogP contribution in [0.1, 0.15) is 22.5 Å². The highest BCUT2D eigenvalue weighted by atomic mass is 32.1. The highest BCUT2D eigenvalue weighted by Crippen LogP contribution is 2.26. The first-order chi connectivity index (χ1) is 9.28. The van der Waals surface area contributed by atoms with Gasteiger partial charge in [0.1, 0.15) is 0 Å². The summed E-state index contributed by atoms with van der Waals surface area (Å²) in [5.74, 6) is 0.0817. The van der Waals surface area contributed by atoms with Gasteiger partial charge in [-0.3, -0.25) is 4.79 Å². The molecular weight excluding hydrogens is 260 g/mol. The maximum Gasteiger partial charge on any atom is 0.263 e. The number of rotatable bonds is 1. The lowest BCUT2D eigenvalue weighted by Crippen LogP contribution is -2.38. The van der Waals surface area contributed by atoms with Gasteiger partial charge in [0, 0.05) is 30.6 Å². The number of likely N-dealkylation sites (tertiary alicyclic amines) is 1. The van der Waals surface area contributed by atoms with Crippen LogP contribution in [-0.2, 0) is 0 Å². The van der Waals surface area contributed by atoms with Crippen LogP contribution < -0.4 is 0 Å². The van der Waals surface area contributed by atoms with E-state index in [2.05, 4.69) is 5.16 Å². The van der Waals surface area contributed by atoms with Crippen LogP contribution in [0.15, 0.2) is 35.5 Å². The van der Waals surface area contributed by atoms with Gasteiger partial charge in [-0.25, -0.2) is 0 Å². The second-order valence-corrected chi connectivity index (χ2v) is 5.69. The fourth-order valence-corrected chi connectivity index (χ4v) is 3.34. The van der Waals surface area contributed by atoms with Gasteiger partial charge in [-0.2, -0.15) is 0 Å². The van der Waals surface area contributed by atoms with E-state index in [9.17, 15) is 4.79 Å². The number of hydrogen-bond donors (Lipinski definition) is 1. The molecule has 19 heavy (non-hydrogen) atoms. The van der Waals surface area contributed by atoms with Crippen LogP contribution in [0.4, 0.5) is 0 Å². The van der Waals surface area contributed by atoms with Crippen molar-refractivity contribution in [3.63, 3.8) is 0 Å². The predicted octanol–water partition coefficient (Wildman–Crippen LogP) is 2.97. The fourth-order valence-electron chi connectivity index (χ4n) is 2.31. The third-order valence-corrected chi connectivity index (χ3v) is 4.51. The van der Waals surface area contributed by atoms with Crippen LogP contribution in [0.3, 0.4) is 0 Å². The van der Waals surface area contributed by atoms with E-state index in [1.807, 2.05) is 35.2 Å². The van der Waals surface area contributed by atoms with E-state index in [0.29, 0.717) is 25.9 Å². The van der Waals surface area contributed by atoms with Crippen LogP contribution in [0.25, 0.3) is 10.1 Å². The molecule has 0 bridgehead atoms. The summed E-state index contributed by atoms with van der Waals surface area (Å²) in [5.41, 5.74) is 0.778. The number of thiophene rings is 1. The third-order valence-electron chi connectivity index (χ3n) is 3.41. The standard InChI is InChI=1S/C14H14N2O2S/c17-14(16-7-5-11(15-18)6-8-16)13-9-10-3-1-2-4-12(10)19-13/h1-4,9,18H,5-8H2. The van der Waals surface area contributed by atoms with Crippen molar-refractivity contribution in [2.24, 2.45) is 5.16 Å². The SMILES string of the molecule is O=C(c1cc2ccccc2s1)N1CCC(=NO)CC1. The molecule has 0 unspecified atom stereocenters. The topological polar surface area (TPSA) is 52.9 Å². The lowest BCUT2D eigenvalue weighted by molar-refractivity contribution is 0.0758. The number of piperidine rings is 1. The molecule has 1 aromatic heterocycles. The lowest BCUT2D eigenvalue weighted by atomic mass is 10.1. The zero-order valence-corrected chi connectivity index (χ0v) is 11.2. The van der Waals surface area contributed by atoms with E-state index in [1.54, 1.807) is 0 Å². The van der Waals surface area contributed by atoms with Gasteiger partial charge >= 0.3 is 0 Å². The van der Waals surface area contributed by atoms with Crippen LogP contribution in [0.5, 0.6) is 0 Å². The summed E-state index contributed by atoms with van der Waals surface area (Å²) in [5, 5.41) is 13.1. The molecule has 0 aliphatic carbocycles. The van der Waals surface area contributed by atoms with Gasteiger partial charge in [0.05, 0.1) is 10.6 Å². The van der Waals surface area contributed by atoms with Gasteiger partial charge in [-0.05, 0) is 17.5 Å². The number of carbonyl (C=O) groups is 1. The van der Waals surface area contributed by atoms with E-state index in [4.69, 9.17) is 5.21 Å². The van der Waals surface area contributed by atoms with Crippen molar-refractivity contribution in [3.8, 4) is 0 Å². The van der Waals surface area contributed by atoms with Crippen molar-refractivity contribution in [2.45, 2.75) is 12.8 Å². The lowest BCUT2D eigenvalue weighted by Gasteiger charge is -2.26. The Balaban J connectivity index is 1.80. The van der Waals surface area contributed by atoms with Crippen molar-refractivity contribution in [1.29, 1.82) is 0 Å². The Morgan fingerprint density at radius 2 is 2.00 bits per heavy atom. The van der Waals surface area contributed by atoms with E-state index < -0.39 is 0 Å². The normalized spacial score (nSPS) is 15.8. The van der Waals surface area contributed by atoms with Crippen molar-refractivity contribution in [2.75, 3.05) is 13.1 Å². The highest BCUT2D eigenvalue weighted by molar-refractivity contribution is 7.20. The van der Waals surface area contributed by atoms with Crippen LogP contribution in [0.2, 0.25) is 0 Å². The van der Waals surface area contributed by atoms with Gasteiger partial charge in [-0.1, -0.05) is 23.4 Å². The van der Waals surface area contributed by atoms with Gasteiger partial charge in [0.25, 0.3) is 5.91 Å². The van der Waals surface area contributed by atoms with Crippen LogP contribution in [-0.4, -0.2) is 34.8 Å². The molecule has 0 radical (unpaired) electrons. The molecule has 2 aromatic rings. The predicted molar refractivity (Wildman–Crippen MR) is 76.2 cm³/mol. The number of oxime groups is 1. The van der Waals surface area contributed by atoms with Crippen molar-refractivity contribution >= 4 is 33.0 Å². The van der Waals surface area contributed by atoms with E-state index in [1.165, 1.54) is 11.3 Å². The van der Waals surface area contributed by atoms with E-state index in [-0.39, 0.29) is 5.91 Å². The largest absolute Gasteiger partial charge is 0.411 e. The fraction of sp³-hybridized carbons (Fsp3) is 0.286. The molecule has 0 saturated carbocycles. The van der Waals surface area contributed by atoms with Crippen LogP contribution in [0, 0.1) is 0 Å². The van der Waals surface area contributed by atoms with Gasteiger partial charge in [0.2, 0.25) is 0 Å². The zero-order chi connectivity index (χ0) is 13.2. The number of hydrogen-bond acceptors (Lipinski definition) is 4. The quantitative estimate of drug-likeness (QED) is 0.642. The molecule has 1 fully saturated rings. The first-order valence-electron chi connectivity index (χ1n) is 6.25. The molecule has 1 aliphatic rings. The van der Waals surface area contributed by atoms with Gasteiger partial charge < -0.3 is 10.1 Å². The molecule has 5 heteroatoms. The summed E-state index contributed by atoms with van der Waals surface area (Å²) >= 11 is 1.53. The zero-order valence-electron chi connectivity index (χ0n) is 10.4. The van der Waals surface area contributed by atoms with E-state index >= 15 is 0 Å².